The first kappa shape index (κ1) is 34.2. The van der Waals surface area contributed by atoms with E-state index in [0.29, 0.717) is 11.1 Å². The van der Waals surface area contributed by atoms with Crippen LogP contribution >= 0.6 is 0 Å². The molecule has 8 N–H and O–H groups in total. The van der Waals surface area contributed by atoms with Crippen molar-refractivity contribution in [1.82, 2.24) is 0 Å². The lowest BCUT2D eigenvalue weighted by Gasteiger charge is -2.38. The predicted octanol–water partition coefficient (Wildman–Crippen LogP) is 1.36. The van der Waals surface area contributed by atoms with Gasteiger partial charge in [-0.2, -0.15) is 8.42 Å². The first-order valence-electron chi connectivity index (χ1n) is 13.4. The highest BCUT2D eigenvalue weighted by molar-refractivity contribution is 7.86. The number of aliphatic hydroxyl groups excluding tert-OH is 1. The zero-order valence-corrected chi connectivity index (χ0v) is 24.4. The number of Topliss-reactive ketones (excluding diaryl/α,β-unsaturated/α-hetero) is 2. The highest BCUT2D eigenvalue weighted by Crippen LogP contribution is 2.39. The Balaban J connectivity index is 2.65. The summed E-state index contributed by atoms with van der Waals surface area (Å²) >= 11 is 0. The lowest BCUT2D eigenvalue weighted by Crippen LogP contribution is -2.62. The van der Waals surface area contributed by atoms with Crippen LogP contribution in [0.3, 0.4) is 0 Å². The molecule has 0 fully saturated rings. The molecule has 4 unspecified atom stereocenters. The molecule has 6 atom stereocenters. The Hall–Kier alpha value is -3.00. The maximum absolute atomic E-state index is 14.3. The van der Waals surface area contributed by atoms with E-state index in [4.69, 9.17) is 21.9 Å². The Bertz CT molecular complexity index is 1270. The maximum atomic E-state index is 14.3. The summed E-state index contributed by atoms with van der Waals surface area (Å²) in [5.41, 5.74) is 14.7. The van der Waals surface area contributed by atoms with Crippen LogP contribution in [0.5, 0.6) is 0 Å². The number of aliphatic hydroxyl groups is 1. The van der Waals surface area contributed by atoms with Gasteiger partial charge in [-0.25, -0.2) is 0 Å². The monoisotopic (exact) mass is 591 g/mol. The quantitative estimate of drug-likeness (QED) is 0.107. The fourth-order valence-electron chi connectivity index (χ4n) is 4.93. The van der Waals surface area contributed by atoms with Crippen molar-refractivity contribution in [3.63, 3.8) is 0 Å². The Kier molecular flexibility index (Phi) is 12.3. The van der Waals surface area contributed by atoms with Gasteiger partial charge in [0, 0.05) is 6.04 Å². The van der Waals surface area contributed by atoms with E-state index in [1.165, 1.54) is 6.92 Å². The minimum atomic E-state index is -4.99. The fraction of sp³-hybridized carbons (Fsp3) is 0.483. The molecule has 12 heteroatoms. The third-order valence-corrected chi connectivity index (χ3v) is 8.01. The van der Waals surface area contributed by atoms with Crippen LogP contribution in [-0.4, -0.2) is 59.2 Å². The summed E-state index contributed by atoms with van der Waals surface area (Å²) in [6.45, 7) is 4.69. The third kappa shape index (κ3) is 8.74. The molecule has 0 aliphatic rings. The van der Waals surface area contributed by atoms with E-state index >= 15 is 0 Å². The van der Waals surface area contributed by atoms with Crippen molar-refractivity contribution >= 4 is 27.7 Å². The largest absolute Gasteiger partial charge is 0.460 e. The summed E-state index contributed by atoms with van der Waals surface area (Å²) in [5, 5.41) is 10.1. The summed E-state index contributed by atoms with van der Waals surface area (Å²) < 4.78 is 38.0. The van der Waals surface area contributed by atoms with Gasteiger partial charge in [-0.3, -0.25) is 18.9 Å². The SMILES string of the molecule is CC(C)C[C@@H](N)C(=O)C(C(=O)OCc1ccccc1)(C(=O)[C@H](N)Cc1ccccc1)C(C)CC(N)C(O)S(=O)(=O)O. The predicted molar refractivity (Wildman–Crippen MR) is 154 cm³/mol. The number of benzene rings is 2. The van der Waals surface area contributed by atoms with Gasteiger partial charge in [-0.1, -0.05) is 81.4 Å². The molecule has 0 aromatic heterocycles. The van der Waals surface area contributed by atoms with E-state index in [1.54, 1.807) is 60.7 Å². The number of ether oxygens (including phenoxy) is 1. The molecule has 0 spiro atoms. The molecule has 11 nitrogen and oxygen atoms in total. The van der Waals surface area contributed by atoms with Gasteiger partial charge in [0.05, 0.1) is 12.1 Å². The molecule has 0 aliphatic carbocycles. The highest BCUT2D eigenvalue weighted by atomic mass is 32.2. The van der Waals surface area contributed by atoms with E-state index in [9.17, 15) is 32.5 Å². The van der Waals surface area contributed by atoms with Crippen LogP contribution in [0.1, 0.15) is 44.7 Å². The van der Waals surface area contributed by atoms with Crippen LogP contribution in [-0.2, 0) is 42.3 Å². The van der Waals surface area contributed by atoms with Gasteiger partial charge in [0.15, 0.2) is 22.4 Å². The van der Waals surface area contributed by atoms with Crippen molar-refractivity contribution in [3.8, 4) is 0 Å². The molecule has 0 radical (unpaired) electrons. The minimum absolute atomic E-state index is 0.0213. The van der Waals surface area contributed by atoms with E-state index in [1.807, 2.05) is 13.8 Å². The van der Waals surface area contributed by atoms with Crippen molar-refractivity contribution < 1.29 is 37.2 Å². The van der Waals surface area contributed by atoms with E-state index in [0.717, 1.165) is 0 Å². The van der Waals surface area contributed by atoms with Gasteiger partial charge in [-0.05, 0) is 42.2 Å². The normalized spacial score (nSPS) is 17.1. The number of carbonyl (C=O) groups is 3. The van der Waals surface area contributed by atoms with Crippen molar-refractivity contribution in [3.05, 3.63) is 71.8 Å². The Labute approximate surface area is 241 Å². The van der Waals surface area contributed by atoms with Crippen molar-refractivity contribution in [2.45, 2.75) is 70.2 Å². The number of hydrogen-bond acceptors (Lipinski definition) is 10. The third-order valence-electron chi connectivity index (χ3n) is 7.05. The second-order valence-corrected chi connectivity index (χ2v) is 12.3. The van der Waals surface area contributed by atoms with Gasteiger partial charge >= 0.3 is 5.97 Å². The zero-order chi connectivity index (χ0) is 31.0. The number of hydrogen-bond donors (Lipinski definition) is 5. The average Bonchev–Trinajstić information content (AvgIpc) is 2.91. The highest BCUT2D eigenvalue weighted by Gasteiger charge is 2.60. The Morgan fingerprint density at radius 1 is 0.829 bits per heavy atom. The number of esters is 1. The second kappa shape index (κ2) is 14.8. The van der Waals surface area contributed by atoms with E-state index < -0.39 is 69.0 Å². The van der Waals surface area contributed by atoms with E-state index in [-0.39, 0.29) is 25.4 Å². The number of carbonyl (C=O) groups excluding carboxylic acids is 3. The molecule has 0 bridgehead atoms. The molecular weight excluding hydrogens is 550 g/mol. The smallest absolute Gasteiger partial charge is 0.328 e. The van der Waals surface area contributed by atoms with Gasteiger partial charge in [0.25, 0.3) is 10.1 Å². The molecule has 226 valence electrons. The van der Waals surface area contributed by atoms with Gasteiger partial charge < -0.3 is 27.0 Å². The molecular formula is C29H41N3O8S. The first-order chi connectivity index (χ1) is 19.1. The lowest BCUT2D eigenvalue weighted by molar-refractivity contribution is -0.171. The molecule has 0 heterocycles. The van der Waals surface area contributed by atoms with Crippen LogP contribution in [0.2, 0.25) is 0 Å². The van der Waals surface area contributed by atoms with Crippen molar-refractivity contribution in [2.24, 2.45) is 34.5 Å². The number of rotatable bonds is 16. The summed E-state index contributed by atoms with van der Waals surface area (Å²) in [6, 6.07) is 13.0. The molecule has 0 saturated heterocycles. The van der Waals surface area contributed by atoms with E-state index in [2.05, 4.69) is 0 Å². The summed E-state index contributed by atoms with van der Waals surface area (Å²) in [5.74, 6) is -4.54. The number of nitrogens with two attached hydrogens (primary N) is 3. The molecule has 41 heavy (non-hydrogen) atoms. The van der Waals surface area contributed by atoms with Crippen LogP contribution in [0, 0.1) is 17.3 Å². The Morgan fingerprint density at radius 2 is 1.32 bits per heavy atom. The maximum Gasteiger partial charge on any atom is 0.328 e. The van der Waals surface area contributed by atoms with Gasteiger partial charge in [0.2, 0.25) is 0 Å². The molecule has 0 aliphatic heterocycles. The minimum Gasteiger partial charge on any atom is -0.460 e. The van der Waals surface area contributed by atoms with Crippen molar-refractivity contribution in [2.75, 3.05) is 0 Å². The van der Waals surface area contributed by atoms with Gasteiger partial charge in [0.1, 0.15) is 6.61 Å². The van der Waals surface area contributed by atoms with Crippen LogP contribution < -0.4 is 17.2 Å². The molecule has 2 aromatic rings. The van der Waals surface area contributed by atoms with Crippen LogP contribution in [0.25, 0.3) is 0 Å². The summed E-state index contributed by atoms with van der Waals surface area (Å²) in [7, 11) is -4.99. The molecule has 0 saturated carbocycles. The lowest BCUT2D eigenvalue weighted by atomic mass is 9.63. The molecule has 2 aromatic carbocycles. The van der Waals surface area contributed by atoms with Crippen molar-refractivity contribution in [1.29, 1.82) is 0 Å². The summed E-state index contributed by atoms with van der Waals surface area (Å²) in [4.78, 5) is 42.5. The Morgan fingerprint density at radius 3 is 1.80 bits per heavy atom. The summed E-state index contributed by atoms with van der Waals surface area (Å²) in [6.07, 6.45) is -0.446. The average molecular weight is 592 g/mol. The topological polar surface area (TPSA) is 213 Å². The van der Waals surface area contributed by atoms with Gasteiger partial charge in [-0.15, -0.1) is 0 Å². The standard InChI is InChI=1S/C29H41N3O8S/c1-18(2)14-22(30)25(33)29(19(3)15-24(32)27(35)41(37,38)39,28(36)40-17-21-12-8-5-9-13-21)26(34)23(31)16-20-10-6-4-7-11-20/h4-13,18-19,22-24,27,35H,14-17,30-32H2,1-3H3,(H,37,38,39)/t19?,22-,23-,24?,27?,29?/m1/s1. The second-order valence-electron chi connectivity index (χ2n) is 10.8. The number of ketones is 2. The first-order valence-corrected chi connectivity index (χ1v) is 14.9. The molecule has 2 rings (SSSR count). The fourth-order valence-corrected chi connectivity index (χ4v) is 5.48. The molecule has 0 amide bonds. The van der Waals surface area contributed by atoms with Crippen LogP contribution in [0.4, 0.5) is 0 Å². The van der Waals surface area contributed by atoms with Crippen LogP contribution in [0.15, 0.2) is 60.7 Å². The zero-order valence-electron chi connectivity index (χ0n) is 23.6.